The van der Waals surface area contributed by atoms with Gasteiger partial charge >= 0.3 is 5.97 Å². The van der Waals surface area contributed by atoms with E-state index in [4.69, 9.17) is 4.74 Å². The van der Waals surface area contributed by atoms with Crippen molar-refractivity contribution in [1.29, 1.82) is 0 Å². The monoisotopic (exact) mass is 312 g/mol. The maximum Gasteiger partial charge on any atom is 0.323 e. The van der Waals surface area contributed by atoms with Gasteiger partial charge in [0.1, 0.15) is 11.7 Å². The number of carbonyl (C=O) groups excluding carboxylic acids is 1. The van der Waals surface area contributed by atoms with E-state index < -0.39 is 5.92 Å². The standard InChI is InChI=1S/C22H16O2/c23-22-20(17-12-6-2-7-13-17)19(16-10-4-1-5-11-16)21(24-22)18-14-8-3-9-15-18/h1-15,20H. The average Bonchev–Trinajstić information content (AvgIpc) is 3.01. The van der Waals surface area contributed by atoms with Crippen LogP contribution in [0.15, 0.2) is 91.0 Å². The molecule has 24 heavy (non-hydrogen) atoms. The second kappa shape index (κ2) is 6.17. The highest BCUT2D eigenvalue weighted by atomic mass is 16.5. The summed E-state index contributed by atoms with van der Waals surface area (Å²) in [6.45, 7) is 0. The molecule has 0 saturated heterocycles. The first-order valence-electron chi connectivity index (χ1n) is 7.96. The van der Waals surface area contributed by atoms with Crippen molar-refractivity contribution in [2.45, 2.75) is 5.92 Å². The molecular weight excluding hydrogens is 296 g/mol. The molecule has 1 aliphatic rings. The third-order valence-corrected chi connectivity index (χ3v) is 4.23. The van der Waals surface area contributed by atoms with Crippen molar-refractivity contribution >= 4 is 17.3 Å². The van der Waals surface area contributed by atoms with Gasteiger partial charge in [0.25, 0.3) is 0 Å². The van der Waals surface area contributed by atoms with Crippen LogP contribution in [0.4, 0.5) is 0 Å². The summed E-state index contributed by atoms with van der Waals surface area (Å²) < 4.78 is 5.72. The third kappa shape index (κ3) is 2.52. The van der Waals surface area contributed by atoms with Gasteiger partial charge in [0.15, 0.2) is 0 Å². The molecule has 0 saturated carbocycles. The maximum atomic E-state index is 12.7. The van der Waals surface area contributed by atoms with E-state index in [1.807, 2.05) is 91.0 Å². The Morgan fingerprint density at radius 1 is 0.625 bits per heavy atom. The lowest BCUT2D eigenvalue weighted by atomic mass is 9.86. The number of hydrogen-bond acceptors (Lipinski definition) is 2. The highest BCUT2D eigenvalue weighted by Crippen LogP contribution is 2.45. The lowest BCUT2D eigenvalue weighted by Gasteiger charge is -2.12. The highest BCUT2D eigenvalue weighted by molar-refractivity contribution is 6.09. The van der Waals surface area contributed by atoms with Gasteiger partial charge in [0.05, 0.1) is 0 Å². The van der Waals surface area contributed by atoms with E-state index in [1.165, 1.54) is 0 Å². The Labute approximate surface area is 141 Å². The summed E-state index contributed by atoms with van der Waals surface area (Å²) in [6.07, 6.45) is 0. The molecule has 1 aliphatic heterocycles. The molecule has 1 unspecified atom stereocenters. The number of hydrogen-bond donors (Lipinski definition) is 0. The lowest BCUT2D eigenvalue weighted by molar-refractivity contribution is -0.135. The van der Waals surface area contributed by atoms with Crippen LogP contribution in [-0.2, 0) is 9.53 Å². The van der Waals surface area contributed by atoms with Gasteiger partial charge in [-0.2, -0.15) is 0 Å². The molecule has 2 heteroatoms. The van der Waals surface area contributed by atoms with Gasteiger partial charge in [-0.25, -0.2) is 0 Å². The number of cyclic esters (lactones) is 1. The minimum atomic E-state index is -0.399. The van der Waals surface area contributed by atoms with Crippen LogP contribution in [0.1, 0.15) is 22.6 Å². The van der Waals surface area contributed by atoms with Crippen molar-refractivity contribution in [3.63, 3.8) is 0 Å². The van der Waals surface area contributed by atoms with Gasteiger partial charge in [-0.3, -0.25) is 4.79 Å². The second-order valence-corrected chi connectivity index (χ2v) is 5.74. The van der Waals surface area contributed by atoms with E-state index in [0.717, 1.165) is 22.3 Å². The predicted molar refractivity (Wildman–Crippen MR) is 95.0 cm³/mol. The van der Waals surface area contributed by atoms with E-state index in [1.54, 1.807) is 0 Å². The molecule has 0 aliphatic carbocycles. The van der Waals surface area contributed by atoms with Gasteiger partial charge in [-0.1, -0.05) is 91.0 Å². The molecule has 1 atom stereocenters. The molecule has 0 N–H and O–H groups in total. The lowest BCUT2D eigenvalue weighted by Crippen LogP contribution is -2.09. The normalized spacial score (nSPS) is 17.0. The SMILES string of the molecule is O=C1OC(c2ccccc2)=C(c2ccccc2)C1c1ccccc1. The fraction of sp³-hybridized carbons (Fsp3) is 0.0455. The summed E-state index contributed by atoms with van der Waals surface area (Å²) in [4.78, 5) is 12.7. The van der Waals surface area contributed by atoms with Crippen LogP contribution in [0.3, 0.4) is 0 Å². The number of rotatable bonds is 3. The number of benzene rings is 3. The fourth-order valence-corrected chi connectivity index (χ4v) is 3.13. The highest BCUT2D eigenvalue weighted by Gasteiger charge is 2.38. The van der Waals surface area contributed by atoms with Crippen LogP contribution in [0, 0.1) is 0 Å². The topological polar surface area (TPSA) is 26.3 Å². The molecule has 0 radical (unpaired) electrons. The smallest absolute Gasteiger partial charge is 0.323 e. The van der Waals surface area contributed by atoms with E-state index in [9.17, 15) is 4.79 Å². The molecule has 0 amide bonds. The van der Waals surface area contributed by atoms with Crippen molar-refractivity contribution < 1.29 is 9.53 Å². The summed E-state index contributed by atoms with van der Waals surface area (Å²) >= 11 is 0. The first-order valence-corrected chi connectivity index (χ1v) is 7.96. The van der Waals surface area contributed by atoms with Gasteiger partial charge in [-0.05, 0) is 11.1 Å². The van der Waals surface area contributed by atoms with Gasteiger partial charge in [0, 0.05) is 11.1 Å². The summed E-state index contributed by atoms with van der Waals surface area (Å²) in [7, 11) is 0. The zero-order valence-corrected chi connectivity index (χ0v) is 13.1. The van der Waals surface area contributed by atoms with Crippen LogP contribution in [-0.4, -0.2) is 5.97 Å². The quantitative estimate of drug-likeness (QED) is 0.643. The van der Waals surface area contributed by atoms with E-state index >= 15 is 0 Å². The summed E-state index contributed by atoms with van der Waals surface area (Å²) in [5.74, 6) is 0.0309. The van der Waals surface area contributed by atoms with Crippen LogP contribution in [0.5, 0.6) is 0 Å². The Bertz CT molecular complexity index is 881. The second-order valence-electron chi connectivity index (χ2n) is 5.74. The molecule has 0 aromatic heterocycles. The van der Waals surface area contributed by atoms with Gasteiger partial charge in [-0.15, -0.1) is 0 Å². The summed E-state index contributed by atoms with van der Waals surface area (Å²) in [6, 6.07) is 29.6. The van der Waals surface area contributed by atoms with Crippen molar-refractivity contribution in [2.24, 2.45) is 0 Å². The van der Waals surface area contributed by atoms with Crippen molar-refractivity contribution in [3.8, 4) is 0 Å². The largest absolute Gasteiger partial charge is 0.425 e. The van der Waals surface area contributed by atoms with Crippen molar-refractivity contribution in [1.82, 2.24) is 0 Å². The molecule has 116 valence electrons. The average molecular weight is 312 g/mol. The molecule has 2 nitrogen and oxygen atoms in total. The van der Waals surface area contributed by atoms with E-state index in [-0.39, 0.29) is 5.97 Å². The number of esters is 1. The third-order valence-electron chi connectivity index (χ3n) is 4.23. The number of ether oxygens (including phenoxy) is 1. The van der Waals surface area contributed by atoms with Crippen LogP contribution < -0.4 is 0 Å². The summed E-state index contributed by atoms with van der Waals surface area (Å²) in [5.41, 5.74) is 3.81. The molecular formula is C22H16O2. The first kappa shape index (κ1) is 14.5. The zero-order chi connectivity index (χ0) is 16.4. The number of carbonyl (C=O) groups is 1. The summed E-state index contributed by atoms with van der Waals surface area (Å²) in [5, 5.41) is 0. The van der Waals surface area contributed by atoms with Gasteiger partial charge in [0.2, 0.25) is 0 Å². The molecule has 4 rings (SSSR count). The van der Waals surface area contributed by atoms with E-state index in [0.29, 0.717) is 5.76 Å². The molecule has 3 aromatic carbocycles. The Morgan fingerprint density at radius 3 is 1.71 bits per heavy atom. The van der Waals surface area contributed by atoms with Crippen LogP contribution >= 0.6 is 0 Å². The first-order chi connectivity index (χ1) is 11.8. The van der Waals surface area contributed by atoms with Crippen molar-refractivity contribution in [3.05, 3.63) is 108 Å². The molecule has 0 spiro atoms. The van der Waals surface area contributed by atoms with Crippen LogP contribution in [0.25, 0.3) is 11.3 Å². The fourth-order valence-electron chi connectivity index (χ4n) is 3.13. The molecule has 0 fully saturated rings. The molecule has 0 bridgehead atoms. The van der Waals surface area contributed by atoms with Crippen LogP contribution in [0.2, 0.25) is 0 Å². The Hall–Kier alpha value is -3.13. The molecule has 1 heterocycles. The van der Waals surface area contributed by atoms with Gasteiger partial charge < -0.3 is 4.74 Å². The minimum absolute atomic E-state index is 0.223. The molecule has 3 aromatic rings. The Balaban J connectivity index is 1.94. The minimum Gasteiger partial charge on any atom is -0.425 e. The van der Waals surface area contributed by atoms with E-state index in [2.05, 4.69) is 0 Å². The Kier molecular flexibility index (Phi) is 3.72. The maximum absolute atomic E-state index is 12.7. The zero-order valence-electron chi connectivity index (χ0n) is 13.1. The van der Waals surface area contributed by atoms with Crippen molar-refractivity contribution in [2.75, 3.05) is 0 Å². The predicted octanol–water partition coefficient (Wildman–Crippen LogP) is 4.90. The Morgan fingerprint density at radius 2 is 1.12 bits per heavy atom.